The Balaban J connectivity index is 3.22. The lowest BCUT2D eigenvalue weighted by molar-refractivity contribution is -0.153. The molecule has 0 radical (unpaired) electrons. The van der Waals surface area contributed by atoms with E-state index in [-0.39, 0.29) is 5.97 Å². The van der Waals surface area contributed by atoms with Gasteiger partial charge in [0.2, 0.25) is 0 Å². The lowest BCUT2D eigenvalue weighted by atomic mass is 10.1. The second kappa shape index (κ2) is 21.9. The van der Waals surface area contributed by atoms with Crippen LogP contribution in [0.2, 0.25) is 0 Å². The standard InChI is InChI=1S/C26H50O3/c1-4-5-6-7-8-9-10-11-12-13-14-15-16-17-18-19-20-21-22-23-26(28)29-25(3)24(2)27/h11-12,24-25,27H,4-10,13-23H2,1-3H3/b12-11+. The largest absolute Gasteiger partial charge is 0.460 e. The number of rotatable bonds is 21. The summed E-state index contributed by atoms with van der Waals surface area (Å²) < 4.78 is 5.16. The van der Waals surface area contributed by atoms with Crippen LogP contribution in [0.4, 0.5) is 0 Å². The topological polar surface area (TPSA) is 46.5 Å². The Kier molecular flexibility index (Phi) is 21.2. The van der Waals surface area contributed by atoms with Gasteiger partial charge in [-0.1, -0.05) is 96.1 Å². The van der Waals surface area contributed by atoms with Crippen LogP contribution in [0, 0.1) is 0 Å². The first-order chi connectivity index (χ1) is 14.1. The summed E-state index contributed by atoms with van der Waals surface area (Å²) in [5.74, 6) is -0.181. The fourth-order valence-electron chi connectivity index (χ4n) is 3.41. The number of hydrogen-bond acceptors (Lipinski definition) is 3. The molecule has 0 aliphatic carbocycles. The number of carbonyl (C=O) groups is 1. The SMILES string of the molecule is CCCCCCCC/C=C/CCCCCCCCCCCC(=O)OC(C)C(C)O. The van der Waals surface area contributed by atoms with Crippen molar-refractivity contribution >= 4 is 5.97 Å². The maximum Gasteiger partial charge on any atom is 0.306 e. The Morgan fingerprint density at radius 1 is 0.724 bits per heavy atom. The third-order valence-electron chi connectivity index (χ3n) is 5.64. The molecule has 0 aromatic rings. The molecule has 0 heterocycles. The zero-order valence-corrected chi connectivity index (χ0v) is 19.8. The molecule has 0 fully saturated rings. The minimum atomic E-state index is -0.597. The van der Waals surface area contributed by atoms with Crippen LogP contribution in [-0.4, -0.2) is 23.3 Å². The van der Waals surface area contributed by atoms with E-state index in [1.807, 2.05) is 0 Å². The van der Waals surface area contributed by atoms with Gasteiger partial charge in [0, 0.05) is 6.42 Å². The molecule has 0 aliphatic rings. The van der Waals surface area contributed by atoms with Gasteiger partial charge in [-0.2, -0.15) is 0 Å². The number of unbranched alkanes of at least 4 members (excludes halogenated alkanes) is 15. The van der Waals surface area contributed by atoms with Crippen molar-refractivity contribution in [2.24, 2.45) is 0 Å². The zero-order valence-electron chi connectivity index (χ0n) is 19.8. The van der Waals surface area contributed by atoms with Gasteiger partial charge in [0.1, 0.15) is 6.10 Å². The highest BCUT2D eigenvalue weighted by atomic mass is 16.6. The fourth-order valence-corrected chi connectivity index (χ4v) is 3.41. The summed E-state index contributed by atoms with van der Waals surface area (Å²) in [6.45, 7) is 5.65. The molecule has 172 valence electrons. The van der Waals surface area contributed by atoms with Gasteiger partial charge in [-0.3, -0.25) is 4.79 Å². The van der Waals surface area contributed by atoms with Crippen molar-refractivity contribution in [3.63, 3.8) is 0 Å². The van der Waals surface area contributed by atoms with Crippen molar-refractivity contribution < 1.29 is 14.6 Å². The molecule has 0 rings (SSSR count). The van der Waals surface area contributed by atoms with Crippen LogP contribution < -0.4 is 0 Å². The molecule has 29 heavy (non-hydrogen) atoms. The van der Waals surface area contributed by atoms with Crippen LogP contribution in [0.5, 0.6) is 0 Å². The van der Waals surface area contributed by atoms with Crippen molar-refractivity contribution in [3.05, 3.63) is 12.2 Å². The Hall–Kier alpha value is -0.830. The first kappa shape index (κ1) is 28.2. The molecule has 0 amide bonds. The number of carbonyl (C=O) groups excluding carboxylic acids is 1. The van der Waals surface area contributed by atoms with Crippen LogP contribution in [0.25, 0.3) is 0 Å². The van der Waals surface area contributed by atoms with E-state index < -0.39 is 12.2 Å². The van der Waals surface area contributed by atoms with Crippen LogP contribution in [0.15, 0.2) is 12.2 Å². The normalized spacial score (nSPS) is 13.7. The van der Waals surface area contributed by atoms with Gasteiger partial charge < -0.3 is 9.84 Å². The minimum absolute atomic E-state index is 0.181. The number of ether oxygens (including phenoxy) is 1. The van der Waals surface area contributed by atoms with E-state index in [4.69, 9.17) is 4.74 Å². The summed E-state index contributed by atoms with van der Waals surface area (Å²) in [5, 5.41) is 9.32. The molecule has 3 heteroatoms. The van der Waals surface area contributed by atoms with Gasteiger partial charge in [-0.25, -0.2) is 0 Å². The molecule has 0 saturated carbocycles. The van der Waals surface area contributed by atoms with Gasteiger partial charge >= 0.3 is 5.97 Å². The van der Waals surface area contributed by atoms with E-state index >= 15 is 0 Å². The van der Waals surface area contributed by atoms with Gasteiger partial charge in [0.05, 0.1) is 6.10 Å². The monoisotopic (exact) mass is 410 g/mol. The number of hydrogen-bond donors (Lipinski definition) is 1. The Morgan fingerprint density at radius 3 is 1.59 bits per heavy atom. The van der Waals surface area contributed by atoms with Crippen LogP contribution in [0.1, 0.15) is 136 Å². The quantitative estimate of drug-likeness (QED) is 0.119. The van der Waals surface area contributed by atoms with Crippen molar-refractivity contribution in [1.29, 1.82) is 0 Å². The van der Waals surface area contributed by atoms with Crippen molar-refractivity contribution in [2.45, 2.75) is 149 Å². The summed E-state index contributed by atoms with van der Waals surface area (Å²) in [5.41, 5.74) is 0. The van der Waals surface area contributed by atoms with E-state index in [2.05, 4.69) is 19.1 Å². The van der Waals surface area contributed by atoms with Crippen LogP contribution >= 0.6 is 0 Å². The van der Waals surface area contributed by atoms with E-state index in [1.165, 1.54) is 96.3 Å². The highest BCUT2D eigenvalue weighted by molar-refractivity contribution is 5.69. The van der Waals surface area contributed by atoms with Crippen LogP contribution in [-0.2, 0) is 9.53 Å². The second-order valence-corrected chi connectivity index (χ2v) is 8.68. The number of esters is 1. The summed E-state index contributed by atoms with van der Waals surface area (Å²) in [6.07, 6.45) is 26.3. The lowest BCUT2D eigenvalue weighted by Gasteiger charge is -2.15. The van der Waals surface area contributed by atoms with Gasteiger partial charge in [0.25, 0.3) is 0 Å². The van der Waals surface area contributed by atoms with Gasteiger partial charge in [-0.05, 0) is 46.0 Å². The molecule has 0 bridgehead atoms. The second-order valence-electron chi connectivity index (χ2n) is 8.68. The predicted molar refractivity (Wildman–Crippen MR) is 125 cm³/mol. The molecular weight excluding hydrogens is 360 g/mol. The maximum atomic E-state index is 11.6. The fraction of sp³-hybridized carbons (Fsp3) is 0.885. The minimum Gasteiger partial charge on any atom is -0.460 e. The molecule has 3 nitrogen and oxygen atoms in total. The molecular formula is C26H50O3. The van der Waals surface area contributed by atoms with Crippen LogP contribution in [0.3, 0.4) is 0 Å². The maximum absolute atomic E-state index is 11.6. The van der Waals surface area contributed by atoms with Gasteiger partial charge in [0.15, 0.2) is 0 Å². The lowest BCUT2D eigenvalue weighted by Crippen LogP contribution is -2.25. The molecule has 1 N–H and O–H groups in total. The predicted octanol–water partition coefficient (Wildman–Crippen LogP) is 7.90. The van der Waals surface area contributed by atoms with Crippen molar-refractivity contribution in [2.75, 3.05) is 0 Å². The average molecular weight is 411 g/mol. The molecule has 2 unspecified atom stereocenters. The zero-order chi connectivity index (χ0) is 21.6. The number of allylic oxidation sites excluding steroid dienone is 2. The smallest absolute Gasteiger partial charge is 0.306 e. The third kappa shape index (κ3) is 21.7. The summed E-state index contributed by atoms with van der Waals surface area (Å²) in [6, 6.07) is 0. The molecule has 0 saturated heterocycles. The molecule has 0 aromatic heterocycles. The van der Waals surface area contributed by atoms with Crippen molar-refractivity contribution in [1.82, 2.24) is 0 Å². The summed E-state index contributed by atoms with van der Waals surface area (Å²) in [4.78, 5) is 11.6. The van der Waals surface area contributed by atoms with E-state index in [0.29, 0.717) is 6.42 Å². The Bertz CT molecular complexity index is 376. The first-order valence-electron chi connectivity index (χ1n) is 12.6. The van der Waals surface area contributed by atoms with E-state index in [0.717, 1.165) is 12.8 Å². The molecule has 0 aromatic carbocycles. The Labute approximate surface area is 181 Å². The Morgan fingerprint density at radius 2 is 1.14 bits per heavy atom. The highest BCUT2D eigenvalue weighted by Crippen LogP contribution is 2.13. The number of aliphatic hydroxyl groups excluding tert-OH is 1. The first-order valence-corrected chi connectivity index (χ1v) is 12.6. The van der Waals surface area contributed by atoms with E-state index in [9.17, 15) is 9.90 Å². The molecule has 2 atom stereocenters. The highest BCUT2D eigenvalue weighted by Gasteiger charge is 2.13. The number of aliphatic hydroxyl groups is 1. The average Bonchev–Trinajstić information content (AvgIpc) is 2.69. The summed E-state index contributed by atoms with van der Waals surface area (Å²) >= 11 is 0. The summed E-state index contributed by atoms with van der Waals surface area (Å²) in [7, 11) is 0. The molecule has 0 spiro atoms. The third-order valence-corrected chi connectivity index (χ3v) is 5.64. The van der Waals surface area contributed by atoms with E-state index in [1.54, 1.807) is 13.8 Å². The molecule has 0 aliphatic heterocycles. The van der Waals surface area contributed by atoms with Crippen molar-refractivity contribution in [3.8, 4) is 0 Å². The van der Waals surface area contributed by atoms with Gasteiger partial charge in [-0.15, -0.1) is 0 Å².